The molecule has 21 heavy (non-hydrogen) atoms. The Labute approximate surface area is 122 Å². The maximum atomic E-state index is 12.1. The Morgan fingerprint density at radius 3 is 2.86 bits per heavy atom. The highest BCUT2D eigenvalue weighted by Gasteiger charge is 2.30. The average Bonchev–Trinajstić information content (AvgIpc) is 2.43. The van der Waals surface area contributed by atoms with Gasteiger partial charge in [-0.15, -0.1) is 0 Å². The number of hydrogen-bond acceptors (Lipinski definition) is 4. The second-order valence-electron chi connectivity index (χ2n) is 5.51. The van der Waals surface area contributed by atoms with Crippen LogP contribution in [0.5, 0.6) is 0 Å². The number of β-amino-alcohol motifs (C(OH)–C–C–N with tert-alkyl or cyclic N) is 1. The standard InChI is InChI=1S/C15H18N2O4/c1-15(19)9-4-10-16(11-15)14(18)8-7-12-5-2-3-6-13(12)17(20)21/h2-3,5-8,19H,4,9-11H2,1H3/b8-7+. The molecular formula is C15H18N2O4. The first kappa shape index (κ1) is 15.2. The molecule has 6 heteroatoms. The topological polar surface area (TPSA) is 83.7 Å². The Balaban J connectivity index is 2.11. The lowest BCUT2D eigenvalue weighted by Crippen LogP contribution is -2.48. The molecule has 1 N–H and O–H groups in total. The third kappa shape index (κ3) is 3.88. The average molecular weight is 290 g/mol. The predicted octanol–water partition coefficient (Wildman–Crippen LogP) is 1.98. The van der Waals surface area contributed by atoms with Crippen LogP contribution in [0, 0.1) is 10.1 Å². The molecule has 1 aliphatic heterocycles. The van der Waals surface area contributed by atoms with Gasteiger partial charge in [-0.1, -0.05) is 12.1 Å². The number of hydrogen-bond donors (Lipinski definition) is 1. The third-order valence-corrected chi connectivity index (χ3v) is 3.53. The number of amides is 1. The second kappa shape index (κ2) is 6.05. The smallest absolute Gasteiger partial charge is 0.276 e. The Bertz CT molecular complexity index is 581. The molecule has 0 radical (unpaired) electrons. The van der Waals surface area contributed by atoms with E-state index in [9.17, 15) is 20.0 Å². The number of rotatable bonds is 3. The zero-order valence-electron chi connectivity index (χ0n) is 11.9. The van der Waals surface area contributed by atoms with Gasteiger partial charge in [-0.2, -0.15) is 0 Å². The highest BCUT2D eigenvalue weighted by atomic mass is 16.6. The number of benzene rings is 1. The molecule has 0 aliphatic carbocycles. The highest BCUT2D eigenvalue weighted by Crippen LogP contribution is 2.22. The molecule has 1 fully saturated rings. The van der Waals surface area contributed by atoms with E-state index in [1.54, 1.807) is 30.0 Å². The summed E-state index contributed by atoms with van der Waals surface area (Å²) in [6.07, 6.45) is 4.19. The summed E-state index contributed by atoms with van der Waals surface area (Å²) in [5, 5.41) is 20.9. The van der Waals surface area contributed by atoms with Gasteiger partial charge in [-0.3, -0.25) is 14.9 Å². The summed E-state index contributed by atoms with van der Waals surface area (Å²) in [6.45, 7) is 2.58. The molecule has 1 aliphatic rings. The fourth-order valence-electron chi connectivity index (χ4n) is 2.47. The van der Waals surface area contributed by atoms with E-state index < -0.39 is 10.5 Å². The van der Waals surface area contributed by atoms with E-state index in [4.69, 9.17) is 0 Å². The first-order chi connectivity index (χ1) is 9.89. The summed E-state index contributed by atoms with van der Waals surface area (Å²) in [6, 6.07) is 6.26. The monoisotopic (exact) mass is 290 g/mol. The van der Waals surface area contributed by atoms with Crippen LogP contribution in [-0.4, -0.2) is 39.5 Å². The van der Waals surface area contributed by atoms with Crippen molar-refractivity contribution < 1.29 is 14.8 Å². The summed E-state index contributed by atoms with van der Waals surface area (Å²) in [5.41, 5.74) is -0.507. The SMILES string of the molecule is CC1(O)CCCN(C(=O)/C=C/c2ccccc2[N+](=O)[O-])C1. The predicted molar refractivity (Wildman–Crippen MR) is 78.6 cm³/mol. The van der Waals surface area contributed by atoms with E-state index in [0.717, 1.165) is 6.42 Å². The molecule has 112 valence electrons. The minimum atomic E-state index is -0.861. The first-order valence-corrected chi connectivity index (χ1v) is 6.82. The molecule has 6 nitrogen and oxygen atoms in total. The van der Waals surface area contributed by atoms with E-state index in [0.29, 0.717) is 18.5 Å². The number of aliphatic hydroxyl groups is 1. The number of carbonyl (C=O) groups is 1. The lowest BCUT2D eigenvalue weighted by Gasteiger charge is -2.36. The van der Waals surface area contributed by atoms with Crippen LogP contribution in [0.3, 0.4) is 0 Å². The van der Waals surface area contributed by atoms with Crippen molar-refractivity contribution in [2.45, 2.75) is 25.4 Å². The van der Waals surface area contributed by atoms with Gasteiger partial charge in [0, 0.05) is 25.2 Å². The molecule has 2 rings (SSSR count). The maximum Gasteiger partial charge on any atom is 0.276 e. The molecule has 1 aromatic rings. The van der Waals surface area contributed by atoms with Gasteiger partial charge in [0.25, 0.3) is 5.69 Å². The highest BCUT2D eigenvalue weighted by molar-refractivity contribution is 5.92. The second-order valence-corrected chi connectivity index (χ2v) is 5.51. The molecule has 1 unspecified atom stereocenters. The summed E-state index contributed by atoms with van der Waals surface area (Å²) in [4.78, 5) is 24.1. The molecule has 0 aromatic heterocycles. The lowest BCUT2D eigenvalue weighted by atomic mass is 9.95. The summed E-state index contributed by atoms with van der Waals surface area (Å²) in [5.74, 6) is -0.242. The van der Waals surface area contributed by atoms with Crippen LogP contribution in [-0.2, 0) is 4.79 Å². The van der Waals surface area contributed by atoms with Crippen LogP contribution in [0.15, 0.2) is 30.3 Å². The number of nitro benzene ring substituents is 1. The fourth-order valence-corrected chi connectivity index (χ4v) is 2.47. The summed E-state index contributed by atoms with van der Waals surface area (Å²) < 4.78 is 0. The van der Waals surface area contributed by atoms with Crippen molar-refractivity contribution in [2.24, 2.45) is 0 Å². The van der Waals surface area contributed by atoms with Gasteiger partial charge in [0.15, 0.2) is 0 Å². The molecule has 1 aromatic carbocycles. The van der Waals surface area contributed by atoms with Gasteiger partial charge in [-0.25, -0.2) is 0 Å². The Morgan fingerprint density at radius 2 is 2.19 bits per heavy atom. The molecular weight excluding hydrogens is 272 g/mol. The number of piperidine rings is 1. The minimum absolute atomic E-state index is 0.0350. The number of para-hydroxylation sites is 1. The molecule has 0 saturated carbocycles. The normalized spacial score (nSPS) is 22.5. The largest absolute Gasteiger partial charge is 0.388 e. The van der Waals surface area contributed by atoms with Gasteiger partial charge in [0.05, 0.1) is 16.1 Å². The van der Waals surface area contributed by atoms with E-state index in [2.05, 4.69) is 0 Å². The van der Waals surface area contributed by atoms with Gasteiger partial charge in [-0.05, 0) is 31.9 Å². The zero-order chi connectivity index (χ0) is 15.5. The Kier molecular flexibility index (Phi) is 4.37. The van der Waals surface area contributed by atoms with Crippen LogP contribution in [0.1, 0.15) is 25.3 Å². The summed E-state index contributed by atoms with van der Waals surface area (Å²) >= 11 is 0. The van der Waals surface area contributed by atoms with Crippen LogP contribution < -0.4 is 0 Å². The van der Waals surface area contributed by atoms with Crippen LogP contribution in [0.2, 0.25) is 0 Å². The van der Waals surface area contributed by atoms with Gasteiger partial charge in [0.2, 0.25) is 5.91 Å². The van der Waals surface area contributed by atoms with E-state index in [-0.39, 0.29) is 18.1 Å². The Hall–Kier alpha value is -2.21. The van der Waals surface area contributed by atoms with Crippen molar-refractivity contribution in [3.05, 3.63) is 46.0 Å². The number of nitrogens with zero attached hydrogens (tertiary/aromatic N) is 2. The van der Waals surface area contributed by atoms with Gasteiger partial charge >= 0.3 is 0 Å². The maximum absolute atomic E-state index is 12.1. The fraction of sp³-hybridized carbons (Fsp3) is 0.400. The Morgan fingerprint density at radius 1 is 1.48 bits per heavy atom. The van der Waals surface area contributed by atoms with Gasteiger partial charge < -0.3 is 10.0 Å². The molecule has 1 amide bonds. The third-order valence-electron chi connectivity index (χ3n) is 3.53. The molecule has 1 saturated heterocycles. The number of carbonyl (C=O) groups excluding carboxylic acids is 1. The van der Waals surface area contributed by atoms with Crippen molar-refractivity contribution >= 4 is 17.7 Å². The van der Waals surface area contributed by atoms with Crippen LogP contribution in [0.25, 0.3) is 6.08 Å². The van der Waals surface area contributed by atoms with Crippen molar-refractivity contribution in [3.63, 3.8) is 0 Å². The van der Waals surface area contributed by atoms with E-state index in [1.807, 2.05) is 0 Å². The summed E-state index contributed by atoms with van der Waals surface area (Å²) in [7, 11) is 0. The van der Waals surface area contributed by atoms with Crippen LogP contribution >= 0.6 is 0 Å². The molecule has 0 spiro atoms. The van der Waals surface area contributed by atoms with E-state index in [1.165, 1.54) is 18.2 Å². The van der Waals surface area contributed by atoms with Crippen molar-refractivity contribution in [2.75, 3.05) is 13.1 Å². The van der Waals surface area contributed by atoms with E-state index >= 15 is 0 Å². The molecule has 1 heterocycles. The van der Waals surface area contributed by atoms with Crippen molar-refractivity contribution in [1.82, 2.24) is 4.90 Å². The lowest BCUT2D eigenvalue weighted by molar-refractivity contribution is -0.385. The first-order valence-electron chi connectivity index (χ1n) is 6.82. The zero-order valence-corrected chi connectivity index (χ0v) is 11.9. The van der Waals surface area contributed by atoms with Crippen molar-refractivity contribution in [1.29, 1.82) is 0 Å². The quantitative estimate of drug-likeness (QED) is 0.524. The molecule has 0 bridgehead atoms. The molecule has 1 atom stereocenters. The van der Waals surface area contributed by atoms with Crippen molar-refractivity contribution in [3.8, 4) is 0 Å². The van der Waals surface area contributed by atoms with Crippen LogP contribution in [0.4, 0.5) is 5.69 Å². The number of nitro groups is 1. The minimum Gasteiger partial charge on any atom is -0.388 e. The number of likely N-dealkylation sites (tertiary alicyclic amines) is 1. The van der Waals surface area contributed by atoms with Gasteiger partial charge in [0.1, 0.15) is 0 Å².